The topological polar surface area (TPSA) is 64.1 Å². The number of hydrogen-bond donors (Lipinski definition) is 1. The Morgan fingerprint density at radius 1 is 1.47 bits per heavy atom. The highest BCUT2D eigenvalue weighted by Gasteiger charge is 2.14. The zero-order valence-electron chi connectivity index (χ0n) is 10.9. The predicted molar refractivity (Wildman–Crippen MR) is 65.1 cm³/mol. The van der Waals surface area contributed by atoms with E-state index in [0.29, 0.717) is 13.2 Å². The van der Waals surface area contributed by atoms with Crippen molar-refractivity contribution in [3.8, 4) is 0 Å². The lowest BCUT2D eigenvalue weighted by Crippen LogP contribution is -2.19. The van der Waals surface area contributed by atoms with Gasteiger partial charge in [0.2, 0.25) is 0 Å². The van der Waals surface area contributed by atoms with Gasteiger partial charge < -0.3 is 4.74 Å². The zero-order valence-corrected chi connectivity index (χ0v) is 10.9. The van der Waals surface area contributed by atoms with Gasteiger partial charge in [0.1, 0.15) is 5.69 Å². The van der Waals surface area contributed by atoms with Crippen LogP contribution in [0.3, 0.4) is 0 Å². The lowest BCUT2D eigenvalue weighted by atomic mass is 9.92. The van der Waals surface area contributed by atoms with Gasteiger partial charge in [0, 0.05) is 12.6 Å². The third-order valence-corrected chi connectivity index (χ3v) is 2.37. The van der Waals surface area contributed by atoms with Crippen molar-refractivity contribution < 1.29 is 9.53 Å². The highest BCUT2D eigenvalue weighted by atomic mass is 16.5. The van der Waals surface area contributed by atoms with Crippen molar-refractivity contribution in [3.05, 3.63) is 22.1 Å². The molecule has 17 heavy (non-hydrogen) atoms. The monoisotopic (exact) mass is 240 g/mol. The zero-order chi connectivity index (χ0) is 13.1. The van der Waals surface area contributed by atoms with Crippen LogP contribution in [0.5, 0.6) is 0 Å². The van der Waals surface area contributed by atoms with Crippen LogP contribution in [0.2, 0.25) is 0 Å². The molecule has 0 bridgehead atoms. The molecule has 0 aliphatic rings. The molecule has 96 valence electrons. The lowest BCUT2D eigenvalue weighted by Gasteiger charge is -2.17. The van der Waals surface area contributed by atoms with Gasteiger partial charge in [-0.2, -0.15) is 0 Å². The summed E-state index contributed by atoms with van der Waals surface area (Å²) in [6, 6.07) is 1.28. The Labute approximate surface area is 101 Å². The molecule has 1 rings (SSSR count). The first-order valence-electron chi connectivity index (χ1n) is 5.80. The van der Waals surface area contributed by atoms with Crippen LogP contribution in [0.1, 0.15) is 44.6 Å². The van der Waals surface area contributed by atoms with Crippen molar-refractivity contribution in [2.24, 2.45) is 5.41 Å². The van der Waals surface area contributed by atoms with Crippen LogP contribution in [-0.2, 0) is 11.3 Å². The minimum absolute atomic E-state index is 0.147. The molecule has 0 radical (unpaired) electrons. The van der Waals surface area contributed by atoms with Gasteiger partial charge in [-0.15, -0.1) is 0 Å². The van der Waals surface area contributed by atoms with E-state index in [1.165, 1.54) is 10.7 Å². The highest BCUT2D eigenvalue weighted by Crippen LogP contribution is 2.18. The number of nitrogens with one attached hydrogen (secondary N) is 1. The summed E-state index contributed by atoms with van der Waals surface area (Å²) >= 11 is 0. The maximum atomic E-state index is 11.6. The van der Waals surface area contributed by atoms with Gasteiger partial charge in [-0.3, -0.25) is 14.6 Å². The Hall–Kier alpha value is -1.52. The van der Waals surface area contributed by atoms with Crippen molar-refractivity contribution in [1.82, 2.24) is 9.78 Å². The first kappa shape index (κ1) is 13.5. The quantitative estimate of drug-likeness (QED) is 0.816. The second-order valence-electron chi connectivity index (χ2n) is 5.19. The second-order valence-corrected chi connectivity index (χ2v) is 5.19. The number of hydrogen-bond acceptors (Lipinski definition) is 3. The number of esters is 1. The predicted octanol–water partition coefficient (Wildman–Crippen LogP) is 1.79. The number of carbonyl (C=O) groups excluding carboxylic acids is 1. The number of aromatic amines is 1. The van der Waals surface area contributed by atoms with Gasteiger partial charge in [0.05, 0.1) is 6.61 Å². The van der Waals surface area contributed by atoms with Crippen molar-refractivity contribution in [2.45, 2.75) is 40.7 Å². The van der Waals surface area contributed by atoms with Crippen LogP contribution < -0.4 is 5.56 Å². The summed E-state index contributed by atoms with van der Waals surface area (Å²) in [5.74, 6) is -0.487. The maximum absolute atomic E-state index is 11.6. The van der Waals surface area contributed by atoms with Gasteiger partial charge in [-0.25, -0.2) is 4.79 Å². The summed E-state index contributed by atoms with van der Waals surface area (Å²) in [5.41, 5.74) is 0.164. The minimum atomic E-state index is -0.487. The molecule has 0 saturated carbocycles. The van der Waals surface area contributed by atoms with Crippen molar-refractivity contribution in [2.75, 3.05) is 6.61 Å². The summed E-state index contributed by atoms with van der Waals surface area (Å²) in [7, 11) is 0. The number of nitrogens with zero attached hydrogens (tertiary/aromatic N) is 1. The molecule has 0 atom stereocenters. The molecule has 0 fully saturated rings. The van der Waals surface area contributed by atoms with Gasteiger partial charge in [0.25, 0.3) is 5.56 Å². The standard InChI is InChI=1S/C12H20N2O3/c1-5-17-11(16)9-8-10(15)14(13-9)7-6-12(2,3)4/h8,13H,5-7H2,1-4H3. The molecule has 5 nitrogen and oxygen atoms in total. The molecule has 5 heteroatoms. The van der Waals surface area contributed by atoms with E-state index in [-0.39, 0.29) is 16.7 Å². The fourth-order valence-corrected chi connectivity index (χ4v) is 1.36. The van der Waals surface area contributed by atoms with E-state index in [4.69, 9.17) is 4.74 Å². The fourth-order valence-electron chi connectivity index (χ4n) is 1.36. The number of H-pyrrole nitrogens is 1. The Balaban J connectivity index is 2.75. The number of aryl methyl sites for hydroxylation is 1. The average Bonchev–Trinajstić information content (AvgIpc) is 2.56. The van der Waals surface area contributed by atoms with E-state index in [2.05, 4.69) is 25.9 Å². The molecule has 1 aromatic heterocycles. The van der Waals surface area contributed by atoms with Gasteiger partial charge in [-0.05, 0) is 18.8 Å². The summed E-state index contributed by atoms with van der Waals surface area (Å²) in [6.45, 7) is 8.91. The number of aromatic nitrogens is 2. The third kappa shape index (κ3) is 4.09. The summed E-state index contributed by atoms with van der Waals surface area (Å²) in [6.07, 6.45) is 0.857. The Bertz CT molecular complexity index is 437. The summed E-state index contributed by atoms with van der Waals surface area (Å²) in [5, 5.41) is 2.77. The normalized spacial score (nSPS) is 11.5. The molecule has 1 aromatic rings. The van der Waals surface area contributed by atoms with Gasteiger partial charge in [-0.1, -0.05) is 20.8 Å². The highest BCUT2D eigenvalue weighted by molar-refractivity contribution is 5.86. The van der Waals surface area contributed by atoms with Crippen LogP contribution >= 0.6 is 0 Å². The lowest BCUT2D eigenvalue weighted by molar-refractivity contribution is 0.0518. The number of carbonyl (C=O) groups is 1. The molecule has 0 aliphatic heterocycles. The molecular formula is C12H20N2O3. The van der Waals surface area contributed by atoms with Crippen LogP contribution in [0.15, 0.2) is 10.9 Å². The first-order chi connectivity index (χ1) is 7.83. The van der Waals surface area contributed by atoms with Crippen LogP contribution in [0, 0.1) is 5.41 Å². The summed E-state index contributed by atoms with van der Waals surface area (Å²) < 4.78 is 6.26. The van der Waals surface area contributed by atoms with E-state index < -0.39 is 5.97 Å². The van der Waals surface area contributed by atoms with Crippen molar-refractivity contribution in [3.63, 3.8) is 0 Å². The number of ether oxygens (including phenoxy) is 1. The molecule has 1 heterocycles. The average molecular weight is 240 g/mol. The molecule has 1 N–H and O–H groups in total. The molecule has 0 aliphatic carbocycles. The van der Waals surface area contributed by atoms with Crippen LogP contribution in [0.4, 0.5) is 0 Å². The molecular weight excluding hydrogens is 220 g/mol. The SMILES string of the molecule is CCOC(=O)c1cc(=O)n(CCC(C)(C)C)[nH]1. The van der Waals surface area contributed by atoms with E-state index in [1.54, 1.807) is 6.92 Å². The molecule has 0 amide bonds. The molecule has 0 saturated heterocycles. The maximum Gasteiger partial charge on any atom is 0.356 e. The molecule has 0 spiro atoms. The van der Waals surface area contributed by atoms with Crippen LogP contribution in [-0.4, -0.2) is 22.4 Å². The fraction of sp³-hybridized carbons (Fsp3) is 0.667. The largest absolute Gasteiger partial charge is 0.461 e. The van der Waals surface area contributed by atoms with E-state index in [0.717, 1.165) is 6.42 Å². The van der Waals surface area contributed by atoms with Crippen molar-refractivity contribution in [1.29, 1.82) is 0 Å². The molecule has 0 unspecified atom stereocenters. The Kier molecular flexibility index (Phi) is 4.15. The van der Waals surface area contributed by atoms with E-state index >= 15 is 0 Å². The summed E-state index contributed by atoms with van der Waals surface area (Å²) in [4.78, 5) is 23.0. The first-order valence-corrected chi connectivity index (χ1v) is 5.80. The van der Waals surface area contributed by atoms with Gasteiger partial charge >= 0.3 is 5.97 Å². The van der Waals surface area contributed by atoms with Crippen LogP contribution in [0.25, 0.3) is 0 Å². The Morgan fingerprint density at radius 2 is 2.12 bits per heavy atom. The molecule has 0 aromatic carbocycles. The minimum Gasteiger partial charge on any atom is -0.461 e. The van der Waals surface area contributed by atoms with Crippen molar-refractivity contribution >= 4 is 5.97 Å². The number of rotatable bonds is 4. The third-order valence-electron chi connectivity index (χ3n) is 2.37. The van der Waals surface area contributed by atoms with Gasteiger partial charge in [0.15, 0.2) is 0 Å². The Morgan fingerprint density at radius 3 is 2.65 bits per heavy atom. The smallest absolute Gasteiger partial charge is 0.356 e. The van der Waals surface area contributed by atoms with E-state index in [1.807, 2.05) is 0 Å². The second kappa shape index (κ2) is 5.21. The van der Waals surface area contributed by atoms with E-state index in [9.17, 15) is 9.59 Å².